The smallest absolute Gasteiger partial charge is 0.349 e. The first kappa shape index (κ1) is 18.5. The van der Waals surface area contributed by atoms with Gasteiger partial charge in [-0.3, -0.25) is 4.79 Å². The minimum atomic E-state index is -4.68. The molecule has 128 valence electrons. The van der Waals surface area contributed by atoms with Gasteiger partial charge in [-0.25, -0.2) is 4.39 Å². The summed E-state index contributed by atoms with van der Waals surface area (Å²) in [6, 6.07) is 8.41. The Hall–Kier alpha value is -1.79. The fourth-order valence-corrected chi connectivity index (χ4v) is 2.60. The number of benzene rings is 2. The van der Waals surface area contributed by atoms with Crippen molar-refractivity contribution in [2.24, 2.45) is 0 Å². The molecule has 0 saturated carbocycles. The highest BCUT2D eigenvalue weighted by atomic mass is 35.5. The van der Waals surface area contributed by atoms with Crippen molar-refractivity contribution in [3.63, 3.8) is 0 Å². The van der Waals surface area contributed by atoms with E-state index in [-0.39, 0.29) is 10.6 Å². The average Bonchev–Trinajstić information content (AvgIpc) is 2.51. The molecular weight excluding hydrogens is 369 g/mol. The summed E-state index contributed by atoms with van der Waals surface area (Å²) in [4.78, 5) is 12.0. The third-order valence-corrected chi connectivity index (χ3v) is 3.78. The molecule has 0 radical (unpaired) electrons. The van der Waals surface area contributed by atoms with Crippen molar-refractivity contribution in [1.29, 1.82) is 0 Å². The van der Waals surface area contributed by atoms with Gasteiger partial charge in [0.15, 0.2) is 0 Å². The molecule has 0 aliphatic rings. The highest BCUT2D eigenvalue weighted by Gasteiger charge is 2.34. The molecule has 0 fully saturated rings. The van der Waals surface area contributed by atoms with Crippen molar-refractivity contribution in [3.8, 4) is 0 Å². The Kier molecular flexibility index (Phi) is 5.72. The Morgan fingerprint density at radius 1 is 1.12 bits per heavy atom. The molecule has 0 saturated heterocycles. The number of hydrogen-bond donors (Lipinski definition) is 1. The number of amides is 1. The van der Waals surface area contributed by atoms with Crippen LogP contribution in [0.15, 0.2) is 42.5 Å². The van der Waals surface area contributed by atoms with E-state index in [0.29, 0.717) is 5.02 Å². The zero-order valence-corrected chi connectivity index (χ0v) is 13.5. The standard InChI is InChI=1S/C16H11Cl2F4NO/c17-9-5-6-11(13(18)7-9)14(19)8-23-15(24)10-3-1-2-4-12(10)16(20,21)22/h1-7,14H,8H2,(H,23,24)/t14-/m1/s1. The van der Waals surface area contributed by atoms with Gasteiger partial charge < -0.3 is 5.32 Å². The molecule has 2 aromatic carbocycles. The van der Waals surface area contributed by atoms with E-state index in [9.17, 15) is 22.4 Å². The Labute approximate surface area is 145 Å². The third kappa shape index (κ3) is 4.39. The Morgan fingerprint density at radius 2 is 1.79 bits per heavy atom. The normalized spacial score (nSPS) is 12.8. The first-order valence-corrected chi connectivity index (χ1v) is 7.49. The van der Waals surface area contributed by atoms with E-state index < -0.39 is 35.9 Å². The minimum Gasteiger partial charge on any atom is -0.349 e. The second-order valence-corrected chi connectivity index (χ2v) is 5.73. The number of halogens is 6. The second-order valence-electron chi connectivity index (χ2n) is 4.89. The van der Waals surface area contributed by atoms with E-state index in [1.165, 1.54) is 30.3 Å². The van der Waals surface area contributed by atoms with Gasteiger partial charge in [0.25, 0.3) is 5.91 Å². The van der Waals surface area contributed by atoms with Crippen molar-refractivity contribution in [2.45, 2.75) is 12.3 Å². The molecule has 0 aliphatic heterocycles. The first-order valence-electron chi connectivity index (χ1n) is 6.73. The fourth-order valence-electron chi connectivity index (χ4n) is 2.07. The molecular formula is C16H11Cl2F4NO. The molecule has 0 unspecified atom stereocenters. The summed E-state index contributed by atoms with van der Waals surface area (Å²) >= 11 is 11.6. The molecule has 0 aromatic heterocycles. The van der Waals surface area contributed by atoms with Crippen molar-refractivity contribution >= 4 is 29.1 Å². The van der Waals surface area contributed by atoms with Crippen LogP contribution in [0.4, 0.5) is 17.6 Å². The lowest BCUT2D eigenvalue weighted by atomic mass is 10.1. The van der Waals surface area contributed by atoms with Crippen molar-refractivity contribution < 1.29 is 22.4 Å². The summed E-state index contributed by atoms with van der Waals surface area (Å²) in [6.07, 6.45) is -6.36. The highest BCUT2D eigenvalue weighted by Crippen LogP contribution is 2.32. The number of rotatable bonds is 4. The van der Waals surface area contributed by atoms with Gasteiger partial charge >= 0.3 is 6.18 Å². The zero-order valence-electron chi connectivity index (χ0n) is 12.0. The molecule has 8 heteroatoms. The number of alkyl halides is 4. The van der Waals surface area contributed by atoms with Crippen LogP contribution in [-0.2, 0) is 6.18 Å². The molecule has 0 aliphatic carbocycles. The maximum absolute atomic E-state index is 14.2. The quantitative estimate of drug-likeness (QED) is 0.702. The van der Waals surface area contributed by atoms with Gasteiger partial charge in [0.2, 0.25) is 0 Å². The molecule has 1 N–H and O–H groups in total. The molecule has 24 heavy (non-hydrogen) atoms. The SMILES string of the molecule is O=C(NC[C@@H](F)c1ccc(Cl)cc1Cl)c1ccccc1C(F)(F)F. The lowest BCUT2D eigenvalue weighted by molar-refractivity contribution is -0.137. The van der Waals surface area contributed by atoms with Crippen molar-refractivity contribution in [1.82, 2.24) is 5.32 Å². The lowest BCUT2D eigenvalue weighted by Crippen LogP contribution is -2.29. The average molecular weight is 380 g/mol. The molecule has 1 atom stereocenters. The number of carbonyl (C=O) groups excluding carboxylic acids is 1. The van der Waals surface area contributed by atoms with E-state index in [1.807, 2.05) is 0 Å². The van der Waals surface area contributed by atoms with Crippen LogP contribution in [0.25, 0.3) is 0 Å². The van der Waals surface area contributed by atoms with Crippen LogP contribution < -0.4 is 5.32 Å². The van der Waals surface area contributed by atoms with Gasteiger partial charge in [0.1, 0.15) is 6.17 Å². The lowest BCUT2D eigenvalue weighted by Gasteiger charge is -2.15. The topological polar surface area (TPSA) is 29.1 Å². The highest BCUT2D eigenvalue weighted by molar-refractivity contribution is 6.35. The number of carbonyl (C=O) groups is 1. The molecule has 2 nitrogen and oxygen atoms in total. The molecule has 0 heterocycles. The zero-order chi connectivity index (χ0) is 17.9. The van der Waals surface area contributed by atoms with E-state index in [1.54, 1.807) is 0 Å². The van der Waals surface area contributed by atoms with Gasteiger partial charge in [-0.15, -0.1) is 0 Å². The molecule has 0 bridgehead atoms. The van der Waals surface area contributed by atoms with Gasteiger partial charge in [-0.05, 0) is 24.3 Å². The van der Waals surface area contributed by atoms with Crippen LogP contribution in [0.2, 0.25) is 10.0 Å². The number of hydrogen-bond acceptors (Lipinski definition) is 1. The van der Waals surface area contributed by atoms with Gasteiger partial charge in [-0.2, -0.15) is 13.2 Å². The first-order chi connectivity index (χ1) is 11.2. The van der Waals surface area contributed by atoms with Crippen molar-refractivity contribution in [3.05, 3.63) is 69.2 Å². The van der Waals surface area contributed by atoms with Crippen LogP contribution in [0, 0.1) is 0 Å². The summed E-state index contributed by atoms with van der Waals surface area (Å²) in [5.41, 5.74) is -1.56. The van der Waals surface area contributed by atoms with Crippen LogP contribution in [0.3, 0.4) is 0 Å². The largest absolute Gasteiger partial charge is 0.417 e. The van der Waals surface area contributed by atoms with E-state index >= 15 is 0 Å². The monoisotopic (exact) mass is 379 g/mol. The van der Waals surface area contributed by atoms with Gasteiger partial charge in [0, 0.05) is 15.6 Å². The fraction of sp³-hybridized carbons (Fsp3) is 0.188. The summed E-state index contributed by atoms with van der Waals surface area (Å²) in [5.74, 6) is -1.02. The molecule has 2 rings (SSSR count). The molecule has 1 amide bonds. The Balaban J connectivity index is 2.11. The molecule has 2 aromatic rings. The second kappa shape index (κ2) is 7.40. The van der Waals surface area contributed by atoms with Gasteiger partial charge in [0.05, 0.1) is 17.7 Å². The van der Waals surface area contributed by atoms with Crippen LogP contribution in [-0.4, -0.2) is 12.5 Å². The van der Waals surface area contributed by atoms with Crippen LogP contribution in [0.1, 0.15) is 27.7 Å². The summed E-state index contributed by atoms with van der Waals surface area (Å²) in [7, 11) is 0. The molecule has 0 spiro atoms. The third-order valence-electron chi connectivity index (χ3n) is 3.22. The van der Waals surface area contributed by atoms with Gasteiger partial charge in [-0.1, -0.05) is 41.4 Å². The summed E-state index contributed by atoms with van der Waals surface area (Å²) in [6.45, 7) is -0.521. The van der Waals surface area contributed by atoms with Crippen molar-refractivity contribution in [2.75, 3.05) is 6.54 Å². The predicted octanol–water partition coefficient (Wildman–Crippen LogP) is 5.45. The van der Waals surface area contributed by atoms with E-state index in [0.717, 1.165) is 12.1 Å². The minimum absolute atomic E-state index is 0.0694. The summed E-state index contributed by atoms with van der Waals surface area (Å²) < 4.78 is 52.8. The van der Waals surface area contributed by atoms with E-state index in [4.69, 9.17) is 23.2 Å². The number of nitrogens with one attached hydrogen (secondary N) is 1. The Bertz CT molecular complexity index is 749. The van der Waals surface area contributed by atoms with Crippen LogP contribution in [0.5, 0.6) is 0 Å². The predicted molar refractivity (Wildman–Crippen MR) is 84.1 cm³/mol. The van der Waals surface area contributed by atoms with E-state index in [2.05, 4.69) is 5.32 Å². The summed E-state index contributed by atoms with van der Waals surface area (Å²) in [5, 5.41) is 2.53. The Morgan fingerprint density at radius 3 is 2.42 bits per heavy atom. The van der Waals surface area contributed by atoms with Crippen LogP contribution >= 0.6 is 23.2 Å². The maximum Gasteiger partial charge on any atom is 0.417 e. The maximum atomic E-state index is 14.2.